The second kappa shape index (κ2) is 4.29. The maximum Gasteiger partial charge on any atom is 0.174 e. The Kier molecular flexibility index (Phi) is 2.59. The van der Waals surface area contributed by atoms with Gasteiger partial charge in [0, 0.05) is 23.4 Å². The van der Waals surface area contributed by atoms with Crippen molar-refractivity contribution in [2.75, 3.05) is 20.7 Å². The average molecular weight is 313 g/mol. The largest absolute Gasteiger partial charge is 0.493 e. The number of ketones is 1. The number of aryl methyl sites for hydroxylation is 1. The number of carbonyl (C=O) groups is 1. The average Bonchev–Trinajstić information content (AvgIpc) is 2.89. The van der Waals surface area contributed by atoms with Crippen LogP contribution in [0.4, 0.5) is 0 Å². The van der Waals surface area contributed by atoms with Crippen molar-refractivity contribution in [3.63, 3.8) is 0 Å². The van der Waals surface area contributed by atoms with Crippen molar-refractivity contribution in [1.29, 1.82) is 0 Å². The third kappa shape index (κ3) is 1.44. The Balaban J connectivity index is 1.84. The second-order valence-corrected chi connectivity index (χ2v) is 7.73. The summed E-state index contributed by atoms with van der Waals surface area (Å²) < 4.78 is 11.9. The smallest absolute Gasteiger partial charge is 0.174 e. The van der Waals surface area contributed by atoms with Gasteiger partial charge in [-0.25, -0.2) is 0 Å². The molecule has 1 aromatic carbocycles. The molecule has 2 aliphatic carbocycles. The molecule has 4 atom stereocenters. The van der Waals surface area contributed by atoms with Crippen LogP contribution in [0, 0.1) is 12.8 Å². The van der Waals surface area contributed by atoms with Gasteiger partial charge in [0.05, 0.1) is 7.11 Å². The van der Waals surface area contributed by atoms with E-state index < -0.39 is 0 Å². The number of hydrogen-bond acceptors (Lipinski definition) is 4. The van der Waals surface area contributed by atoms with E-state index in [2.05, 4.69) is 24.9 Å². The SMILES string of the molecule is COc1cc(C)c2c3c1O[C@H]1C(=O)CCC4C(C2)N(C)CC[C@@]341. The Labute approximate surface area is 136 Å². The molecule has 4 heteroatoms. The van der Waals surface area contributed by atoms with Crippen LogP contribution in [-0.2, 0) is 16.6 Å². The van der Waals surface area contributed by atoms with E-state index in [0.29, 0.717) is 18.4 Å². The van der Waals surface area contributed by atoms with Crippen molar-refractivity contribution < 1.29 is 14.3 Å². The summed E-state index contributed by atoms with van der Waals surface area (Å²) in [6.45, 7) is 3.21. The van der Waals surface area contributed by atoms with Gasteiger partial charge in [0.1, 0.15) is 0 Å². The Morgan fingerprint density at radius 2 is 2.26 bits per heavy atom. The lowest BCUT2D eigenvalue weighted by Crippen LogP contribution is -2.65. The lowest BCUT2D eigenvalue weighted by molar-refractivity contribution is -0.138. The molecule has 122 valence electrons. The number of Topliss-reactive ketones (excluding diaryl/α,β-unsaturated/α-hetero) is 1. The first-order valence-electron chi connectivity index (χ1n) is 8.68. The molecule has 2 heterocycles. The van der Waals surface area contributed by atoms with Gasteiger partial charge in [0.25, 0.3) is 0 Å². The van der Waals surface area contributed by atoms with Crippen molar-refractivity contribution in [3.8, 4) is 11.5 Å². The van der Waals surface area contributed by atoms with Crippen molar-refractivity contribution in [3.05, 3.63) is 22.8 Å². The number of benzene rings is 1. The van der Waals surface area contributed by atoms with E-state index >= 15 is 0 Å². The molecule has 0 amide bonds. The molecular formula is C19H23NO3. The third-order valence-electron chi connectivity index (χ3n) is 6.94. The predicted molar refractivity (Wildman–Crippen MR) is 86.3 cm³/mol. The summed E-state index contributed by atoms with van der Waals surface area (Å²) in [5.74, 6) is 2.48. The summed E-state index contributed by atoms with van der Waals surface area (Å²) in [7, 11) is 3.93. The maximum atomic E-state index is 12.7. The maximum absolute atomic E-state index is 12.7. The summed E-state index contributed by atoms with van der Waals surface area (Å²) in [6, 6.07) is 2.62. The van der Waals surface area contributed by atoms with Gasteiger partial charge >= 0.3 is 0 Å². The van der Waals surface area contributed by atoms with Gasteiger partial charge in [-0.3, -0.25) is 4.79 Å². The molecule has 0 aromatic heterocycles. The lowest BCUT2D eigenvalue weighted by atomic mass is 9.51. The highest BCUT2D eigenvalue weighted by Gasteiger charge is 2.65. The van der Waals surface area contributed by atoms with Gasteiger partial charge in [-0.15, -0.1) is 0 Å². The zero-order valence-electron chi connectivity index (χ0n) is 14.0. The number of carbonyl (C=O) groups excluding carboxylic acids is 1. The number of ether oxygens (including phenoxy) is 2. The van der Waals surface area contributed by atoms with Crippen LogP contribution >= 0.6 is 0 Å². The molecular weight excluding hydrogens is 290 g/mol. The summed E-state index contributed by atoms with van der Waals surface area (Å²) in [6.07, 6.45) is 3.47. The highest BCUT2D eigenvalue weighted by molar-refractivity contribution is 5.89. The monoisotopic (exact) mass is 313 g/mol. The van der Waals surface area contributed by atoms with Crippen LogP contribution in [0.5, 0.6) is 11.5 Å². The highest BCUT2D eigenvalue weighted by atomic mass is 16.5. The molecule has 2 bridgehead atoms. The molecule has 1 aromatic rings. The van der Waals surface area contributed by atoms with Gasteiger partial charge < -0.3 is 14.4 Å². The minimum atomic E-state index is -0.290. The van der Waals surface area contributed by atoms with E-state index in [0.717, 1.165) is 37.3 Å². The molecule has 23 heavy (non-hydrogen) atoms. The van der Waals surface area contributed by atoms with Gasteiger partial charge in [-0.2, -0.15) is 0 Å². The standard InChI is InChI=1S/C19H23NO3/c1-10-8-15(22-3)17-16-11(10)9-13-12-4-5-14(21)18(23-17)19(12,16)6-7-20(13)2/h8,12-13,18H,4-7,9H2,1-3H3/t12?,13?,18-,19-/m0/s1. The fourth-order valence-electron chi connectivity index (χ4n) is 5.92. The normalized spacial score (nSPS) is 37.3. The van der Waals surface area contributed by atoms with Crippen molar-refractivity contribution in [1.82, 2.24) is 4.90 Å². The van der Waals surface area contributed by atoms with Crippen LogP contribution in [0.15, 0.2) is 6.07 Å². The second-order valence-electron chi connectivity index (χ2n) is 7.73. The van der Waals surface area contributed by atoms with E-state index in [1.807, 2.05) is 0 Å². The third-order valence-corrected chi connectivity index (χ3v) is 6.94. The molecule has 0 radical (unpaired) electrons. The molecule has 4 nitrogen and oxygen atoms in total. The molecule has 2 unspecified atom stereocenters. The molecule has 2 aliphatic heterocycles. The summed E-state index contributed by atoms with van der Waals surface area (Å²) in [4.78, 5) is 15.2. The molecule has 1 saturated carbocycles. The summed E-state index contributed by atoms with van der Waals surface area (Å²) in [5.41, 5.74) is 3.91. The van der Waals surface area contributed by atoms with Gasteiger partial charge in [0.2, 0.25) is 0 Å². The van der Waals surface area contributed by atoms with Crippen LogP contribution in [-0.4, -0.2) is 43.5 Å². The first kappa shape index (κ1) is 13.8. The topological polar surface area (TPSA) is 38.8 Å². The number of methoxy groups -OCH3 is 1. The fraction of sp³-hybridized carbons (Fsp3) is 0.632. The van der Waals surface area contributed by atoms with Crippen molar-refractivity contribution in [2.45, 2.75) is 50.2 Å². The zero-order valence-corrected chi connectivity index (χ0v) is 14.0. The van der Waals surface area contributed by atoms with Gasteiger partial charge in [-0.05, 0) is 62.9 Å². The number of likely N-dealkylation sites (tertiary alicyclic amines) is 1. The van der Waals surface area contributed by atoms with Crippen LogP contribution in [0.25, 0.3) is 0 Å². The van der Waals surface area contributed by atoms with E-state index in [-0.39, 0.29) is 17.3 Å². The highest BCUT2D eigenvalue weighted by Crippen LogP contribution is 2.63. The van der Waals surface area contributed by atoms with E-state index in [4.69, 9.17) is 9.47 Å². The van der Waals surface area contributed by atoms with E-state index in [1.54, 1.807) is 7.11 Å². The Morgan fingerprint density at radius 1 is 1.43 bits per heavy atom. The van der Waals surface area contributed by atoms with E-state index in [1.165, 1.54) is 16.7 Å². The van der Waals surface area contributed by atoms with E-state index in [9.17, 15) is 4.79 Å². The quantitative estimate of drug-likeness (QED) is 0.797. The Bertz CT molecular complexity index is 728. The van der Waals surface area contributed by atoms with Crippen LogP contribution in [0.3, 0.4) is 0 Å². The van der Waals surface area contributed by atoms with Crippen LogP contribution < -0.4 is 9.47 Å². The minimum absolute atomic E-state index is 0.102. The first-order valence-corrected chi connectivity index (χ1v) is 8.68. The number of hydrogen-bond donors (Lipinski definition) is 0. The number of piperidine rings is 1. The zero-order chi connectivity index (χ0) is 15.9. The predicted octanol–water partition coefficient (Wildman–Crippen LogP) is 2.24. The fourth-order valence-corrected chi connectivity index (χ4v) is 5.92. The van der Waals surface area contributed by atoms with Gasteiger partial charge in [0.15, 0.2) is 23.4 Å². The summed E-state index contributed by atoms with van der Waals surface area (Å²) in [5, 5.41) is 0. The van der Waals surface area contributed by atoms with Crippen molar-refractivity contribution in [2.24, 2.45) is 5.92 Å². The van der Waals surface area contributed by atoms with Crippen LogP contribution in [0.2, 0.25) is 0 Å². The number of nitrogens with zero attached hydrogens (tertiary/aromatic N) is 1. The molecule has 2 fully saturated rings. The molecule has 1 saturated heterocycles. The first-order chi connectivity index (χ1) is 11.1. The molecule has 4 aliphatic rings. The Hall–Kier alpha value is -1.55. The lowest BCUT2D eigenvalue weighted by Gasteiger charge is -2.57. The van der Waals surface area contributed by atoms with Gasteiger partial charge in [-0.1, -0.05) is 0 Å². The Morgan fingerprint density at radius 3 is 3.04 bits per heavy atom. The summed E-state index contributed by atoms with van der Waals surface area (Å²) >= 11 is 0. The van der Waals surface area contributed by atoms with Crippen molar-refractivity contribution >= 4 is 5.78 Å². The minimum Gasteiger partial charge on any atom is -0.493 e. The molecule has 0 N–H and O–H groups in total. The molecule has 1 spiro atoms. The molecule has 5 rings (SSSR count). The number of rotatable bonds is 1. The number of likely N-dealkylation sites (N-methyl/N-ethyl adjacent to an activating group) is 1. The van der Waals surface area contributed by atoms with Crippen LogP contribution in [0.1, 0.15) is 36.0 Å².